The average molecular weight is 298 g/mol. The van der Waals surface area contributed by atoms with Crippen LogP contribution in [0.5, 0.6) is 0 Å². The number of aromatic nitrogens is 1. The van der Waals surface area contributed by atoms with Gasteiger partial charge in [0.15, 0.2) is 0 Å². The van der Waals surface area contributed by atoms with Gasteiger partial charge in [0.05, 0.1) is 13.2 Å². The van der Waals surface area contributed by atoms with Crippen LogP contribution in [0.2, 0.25) is 0 Å². The Balaban J connectivity index is 2.26. The Hall–Kier alpha value is -1.60. The van der Waals surface area contributed by atoms with E-state index in [1.165, 1.54) is 11.2 Å². The highest BCUT2D eigenvalue weighted by Gasteiger charge is 2.48. The molecule has 118 valence electrons. The van der Waals surface area contributed by atoms with Crippen LogP contribution >= 0.6 is 0 Å². The van der Waals surface area contributed by atoms with Crippen LogP contribution in [0.1, 0.15) is 52.2 Å². The molecule has 0 spiro atoms. The van der Waals surface area contributed by atoms with Gasteiger partial charge in [0.2, 0.25) is 5.89 Å². The zero-order chi connectivity index (χ0) is 15.8. The fraction of sp³-hybridized carbons (Fsp3) is 0.714. The standard InChI is InChI=1S/C14H22N2O5/c1-13(2,3)21-12(18)16-10(8-20-14(16,4)5)11-15-9(6-17)7-19-11/h7,10,17H,6,8H2,1-5H3. The van der Waals surface area contributed by atoms with Gasteiger partial charge in [-0.3, -0.25) is 4.90 Å². The Kier molecular flexibility index (Phi) is 3.99. The molecule has 0 aromatic carbocycles. The summed E-state index contributed by atoms with van der Waals surface area (Å²) in [5.74, 6) is 0.329. The van der Waals surface area contributed by atoms with Crippen LogP contribution in [0.15, 0.2) is 10.7 Å². The molecule has 1 aliphatic rings. The number of carbonyl (C=O) groups is 1. The lowest BCUT2D eigenvalue weighted by Crippen LogP contribution is -2.47. The fourth-order valence-corrected chi connectivity index (χ4v) is 2.19. The summed E-state index contributed by atoms with van der Waals surface area (Å²) in [6, 6.07) is -0.477. The van der Waals surface area contributed by atoms with E-state index in [1.807, 2.05) is 0 Å². The third-order valence-corrected chi connectivity index (χ3v) is 3.09. The van der Waals surface area contributed by atoms with Crippen LogP contribution in [-0.2, 0) is 16.1 Å². The highest BCUT2D eigenvalue weighted by Crippen LogP contribution is 2.37. The van der Waals surface area contributed by atoms with Gasteiger partial charge in [0, 0.05) is 0 Å². The van der Waals surface area contributed by atoms with Crippen LogP contribution < -0.4 is 0 Å². The topological polar surface area (TPSA) is 85.0 Å². The van der Waals surface area contributed by atoms with Crippen molar-refractivity contribution in [2.45, 2.75) is 58.6 Å². The highest BCUT2D eigenvalue weighted by molar-refractivity contribution is 5.69. The lowest BCUT2D eigenvalue weighted by molar-refractivity contribution is -0.0634. The molecule has 21 heavy (non-hydrogen) atoms. The summed E-state index contributed by atoms with van der Waals surface area (Å²) in [6.45, 7) is 9.03. The first-order chi connectivity index (χ1) is 9.64. The average Bonchev–Trinajstić information content (AvgIpc) is 2.90. The van der Waals surface area contributed by atoms with E-state index in [9.17, 15) is 4.79 Å². The molecule has 0 saturated carbocycles. The van der Waals surface area contributed by atoms with Crippen molar-refractivity contribution in [3.63, 3.8) is 0 Å². The number of aliphatic hydroxyl groups is 1. The normalized spacial score (nSPS) is 21.6. The van der Waals surface area contributed by atoms with E-state index < -0.39 is 23.5 Å². The molecule has 1 aliphatic heterocycles. The van der Waals surface area contributed by atoms with Crippen LogP contribution in [0.3, 0.4) is 0 Å². The zero-order valence-corrected chi connectivity index (χ0v) is 13.0. The van der Waals surface area contributed by atoms with Gasteiger partial charge in [0.25, 0.3) is 0 Å². The second-order valence-corrected chi connectivity index (χ2v) is 6.46. The number of ether oxygens (including phenoxy) is 2. The molecule has 1 saturated heterocycles. The minimum Gasteiger partial charge on any atom is -0.446 e. The maximum atomic E-state index is 12.4. The molecule has 1 fully saturated rings. The minimum absolute atomic E-state index is 0.215. The second kappa shape index (κ2) is 5.31. The predicted molar refractivity (Wildman–Crippen MR) is 73.3 cm³/mol. The van der Waals surface area contributed by atoms with Crippen molar-refractivity contribution in [2.24, 2.45) is 0 Å². The Morgan fingerprint density at radius 1 is 1.57 bits per heavy atom. The molecule has 0 aliphatic carbocycles. The molecular weight excluding hydrogens is 276 g/mol. The van der Waals surface area contributed by atoms with Gasteiger partial charge >= 0.3 is 6.09 Å². The van der Waals surface area contributed by atoms with E-state index in [2.05, 4.69) is 4.98 Å². The molecule has 1 N–H and O–H groups in total. The summed E-state index contributed by atoms with van der Waals surface area (Å²) in [4.78, 5) is 18.1. The molecule has 1 atom stereocenters. The van der Waals surface area contributed by atoms with Gasteiger partial charge in [-0.15, -0.1) is 0 Å². The maximum Gasteiger partial charge on any atom is 0.413 e. The van der Waals surface area contributed by atoms with E-state index in [0.717, 1.165) is 0 Å². The summed E-state index contributed by atoms with van der Waals surface area (Å²) in [5.41, 5.74) is -1.01. The highest BCUT2D eigenvalue weighted by atomic mass is 16.6. The quantitative estimate of drug-likeness (QED) is 0.901. The van der Waals surface area contributed by atoms with Crippen LogP contribution in [0, 0.1) is 0 Å². The fourth-order valence-electron chi connectivity index (χ4n) is 2.19. The van der Waals surface area contributed by atoms with Crippen LogP contribution in [-0.4, -0.2) is 39.0 Å². The van der Waals surface area contributed by atoms with Crippen molar-refractivity contribution >= 4 is 6.09 Å². The number of carbonyl (C=O) groups excluding carboxylic acids is 1. The number of oxazole rings is 1. The molecule has 1 aromatic rings. The molecule has 1 unspecified atom stereocenters. The molecule has 7 heteroatoms. The first-order valence-corrected chi connectivity index (χ1v) is 6.85. The third kappa shape index (κ3) is 3.36. The second-order valence-electron chi connectivity index (χ2n) is 6.46. The smallest absolute Gasteiger partial charge is 0.413 e. The number of rotatable bonds is 2. The lowest BCUT2D eigenvalue weighted by atomic mass is 10.2. The molecule has 0 bridgehead atoms. The zero-order valence-electron chi connectivity index (χ0n) is 13.0. The van der Waals surface area contributed by atoms with Gasteiger partial charge in [-0.2, -0.15) is 0 Å². The van der Waals surface area contributed by atoms with Crippen molar-refractivity contribution in [1.82, 2.24) is 9.88 Å². The molecule has 2 heterocycles. The summed E-state index contributed by atoms with van der Waals surface area (Å²) >= 11 is 0. The number of hydrogen-bond donors (Lipinski definition) is 1. The van der Waals surface area contributed by atoms with Gasteiger partial charge in [0.1, 0.15) is 29.3 Å². The number of aliphatic hydroxyl groups excluding tert-OH is 1. The predicted octanol–water partition coefficient (Wildman–Crippen LogP) is 2.21. The van der Waals surface area contributed by atoms with Gasteiger partial charge in [-0.1, -0.05) is 0 Å². The molecule has 0 radical (unpaired) electrons. The maximum absolute atomic E-state index is 12.4. The number of nitrogens with zero attached hydrogens (tertiary/aromatic N) is 2. The first kappa shape index (κ1) is 15.8. The first-order valence-electron chi connectivity index (χ1n) is 6.85. The lowest BCUT2D eigenvalue weighted by Gasteiger charge is -2.34. The monoisotopic (exact) mass is 298 g/mol. The number of hydrogen-bond acceptors (Lipinski definition) is 6. The Labute approximate surface area is 123 Å². The van der Waals surface area contributed by atoms with Gasteiger partial charge in [-0.05, 0) is 34.6 Å². The van der Waals surface area contributed by atoms with Crippen molar-refractivity contribution in [1.29, 1.82) is 0 Å². The van der Waals surface area contributed by atoms with E-state index in [4.69, 9.17) is 19.0 Å². The number of amides is 1. The molecule has 1 aromatic heterocycles. The molecular formula is C14H22N2O5. The molecule has 7 nitrogen and oxygen atoms in total. The van der Waals surface area contributed by atoms with E-state index in [0.29, 0.717) is 11.6 Å². The minimum atomic E-state index is -0.819. The van der Waals surface area contributed by atoms with E-state index in [1.54, 1.807) is 34.6 Å². The summed E-state index contributed by atoms with van der Waals surface area (Å²) in [6.07, 6.45) is 0.882. The molecule has 2 rings (SSSR count). The Morgan fingerprint density at radius 3 is 2.76 bits per heavy atom. The largest absolute Gasteiger partial charge is 0.446 e. The van der Waals surface area contributed by atoms with Crippen molar-refractivity contribution < 1.29 is 23.8 Å². The Bertz CT molecular complexity index is 518. The van der Waals surface area contributed by atoms with Crippen LogP contribution in [0.25, 0.3) is 0 Å². The summed E-state index contributed by atoms with van der Waals surface area (Å²) < 4.78 is 16.4. The van der Waals surface area contributed by atoms with Gasteiger partial charge < -0.3 is 19.0 Å². The van der Waals surface area contributed by atoms with Crippen molar-refractivity contribution in [3.05, 3.63) is 17.8 Å². The summed E-state index contributed by atoms with van der Waals surface area (Å²) in [5, 5.41) is 9.07. The van der Waals surface area contributed by atoms with Gasteiger partial charge in [-0.25, -0.2) is 9.78 Å². The SMILES string of the molecule is CC(C)(C)OC(=O)N1C(c2nc(CO)co2)COC1(C)C. The van der Waals surface area contributed by atoms with Crippen molar-refractivity contribution in [2.75, 3.05) is 6.61 Å². The van der Waals surface area contributed by atoms with E-state index >= 15 is 0 Å². The third-order valence-electron chi connectivity index (χ3n) is 3.09. The Morgan fingerprint density at radius 2 is 2.24 bits per heavy atom. The van der Waals surface area contributed by atoms with E-state index in [-0.39, 0.29) is 13.2 Å². The summed E-state index contributed by atoms with van der Waals surface area (Å²) in [7, 11) is 0. The van der Waals surface area contributed by atoms with Crippen LogP contribution in [0.4, 0.5) is 4.79 Å². The molecule has 1 amide bonds. The van der Waals surface area contributed by atoms with Crippen molar-refractivity contribution in [3.8, 4) is 0 Å².